The van der Waals surface area contributed by atoms with Crippen LogP contribution in [-0.4, -0.2) is 11.7 Å². The molecular weight excluding hydrogens is 210 g/mol. The van der Waals surface area contributed by atoms with Crippen LogP contribution in [0.2, 0.25) is 0 Å². The summed E-state index contributed by atoms with van der Waals surface area (Å²) in [5.41, 5.74) is 0.810. The van der Waals surface area contributed by atoms with Gasteiger partial charge >= 0.3 is 0 Å². The molecular formula is C15H21NO. The van der Waals surface area contributed by atoms with Gasteiger partial charge in [0.2, 0.25) is 0 Å². The van der Waals surface area contributed by atoms with Crippen molar-refractivity contribution in [3.05, 3.63) is 11.6 Å². The fourth-order valence-electron chi connectivity index (χ4n) is 4.77. The van der Waals surface area contributed by atoms with Gasteiger partial charge in [0, 0.05) is 18.6 Å². The summed E-state index contributed by atoms with van der Waals surface area (Å²) in [6, 6.07) is 2.26. The summed E-state index contributed by atoms with van der Waals surface area (Å²) in [6.45, 7) is 0.104. The van der Waals surface area contributed by atoms with Crippen molar-refractivity contribution in [1.82, 2.24) is 0 Å². The third-order valence-electron chi connectivity index (χ3n) is 5.22. The molecule has 92 valence electrons. The first kappa shape index (κ1) is 11.3. The van der Waals surface area contributed by atoms with E-state index < -0.39 is 0 Å². The summed E-state index contributed by atoms with van der Waals surface area (Å²) < 4.78 is 0. The van der Waals surface area contributed by atoms with Crippen molar-refractivity contribution in [2.75, 3.05) is 6.61 Å². The SMILES string of the molecule is N#C/C(=C\C1C2CC3CC(C2)CC1C3)CCO. The maximum Gasteiger partial charge on any atom is 0.0944 e. The van der Waals surface area contributed by atoms with Crippen LogP contribution >= 0.6 is 0 Å². The molecule has 0 aromatic heterocycles. The van der Waals surface area contributed by atoms with Crippen molar-refractivity contribution in [1.29, 1.82) is 5.26 Å². The zero-order valence-corrected chi connectivity index (χ0v) is 10.3. The molecule has 0 atom stereocenters. The maximum atomic E-state index is 9.08. The van der Waals surface area contributed by atoms with E-state index in [9.17, 15) is 0 Å². The first-order valence-electron chi connectivity index (χ1n) is 7.01. The Hall–Kier alpha value is -0.810. The Kier molecular flexibility index (Phi) is 2.96. The summed E-state index contributed by atoms with van der Waals surface area (Å²) in [6.07, 6.45) is 9.81. The molecule has 1 N–H and O–H groups in total. The average molecular weight is 231 g/mol. The Morgan fingerprint density at radius 2 is 1.71 bits per heavy atom. The van der Waals surface area contributed by atoms with E-state index in [1.165, 1.54) is 32.1 Å². The van der Waals surface area contributed by atoms with Gasteiger partial charge in [-0.3, -0.25) is 0 Å². The van der Waals surface area contributed by atoms with Crippen molar-refractivity contribution in [2.45, 2.75) is 38.5 Å². The predicted molar refractivity (Wildman–Crippen MR) is 65.9 cm³/mol. The third kappa shape index (κ3) is 2.02. The lowest BCUT2D eigenvalue weighted by Crippen LogP contribution is -2.44. The second kappa shape index (κ2) is 4.46. The van der Waals surface area contributed by atoms with Crippen LogP contribution in [0.15, 0.2) is 11.6 Å². The number of nitrogens with zero attached hydrogens (tertiary/aromatic N) is 1. The largest absolute Gasteiger partial charge is 0.396 e. The fourth-order valence-corrected chi connectivity index (χ4v) is 4.77. The highest BCUT2D eigenvalue weighted by Gasteiger charge is 2.47. The van der Waals surface area contributed by atoms with Gasteiger partial charge in [-0.1, -0.05) is 6.08 Å². The molecule has 2 heteroatoms. The van der Waals surface area contributed by atoms with Crippen molar-refractivity contribution < 1.29 is 5.11 Å². The van der Waals surface area contributed by atoms with E-state index in [4.69, 9.17) is 10.4 Å². The second-order valence-corrected chi connectivity index (χ2v) is 6.29. The van der Waals surface area contributed by atoms with Crippen LogP contribution in [0, 0.1) is 40.9 Å². The molecule has 4 saturated carbocycles. The van der Waals surface area contributed by atoms with E-state index in [1.54, 1.807) is 0 Å². The van der Waals surface area contributed by atoms with E-state index in [2.05, 4.69) is 12.1 Å². The van der Waals surface area contributed by atoms with Crippen LogP contribution in [0.1, 0.15) is 38.5 Å². The van der Waals surface area contributed by atoms with E-state index in [0.717, 1.165) is 29.2 Å². The van der Waals surface area contributed by atoms with Gasteiger partial charge < -0.3 is 5.11 Å². The highest BCUT2D eigenvalue weighted by Crippen LogP contribution is 2.57. The highest BCUT2D eigenvalue weighted by molar-refractivity contribution is 5.23. The van der Waals surface area contributed by atoms with E-state index in [0.29, 0.717) is 12.3 Å². The molecule has 0 unspecified atom stereocenters. The van der Waals surface area contributed by atoms with Crippen LogP contribution in [0.3, 0.4) is 0 Å². The molecule has 17 heavy (non-hydrogen) atoms. The number of hydrogen-bond acceptors (Lipinski definition) is 2. The predicted octanol–water partition coefficient (Wildman–Crippen LogP) is 2.89. The van der Waals surface area contributed by atoms with Crippen molar-refractivity contribution in [2.24, 2.45) is 29.6 Å². The molecule has 4 aliphatic carbocycles. The Morgan fingerprint density at radius 1 is 1.12 bits per heavy atom. The molecule has 4 fully saturated rings. The van der Waals surface area contributed by atoms with Gasteiger partial charge in [-0.05, 0) is 61.7 Å². The molecule has 0 amide bonds. The van der Waals surface area contributed by atoms with Gasteiger partial charge in [-0.15, -0.1) is 0 Å². The standard InChI is InChI=1S/C15H21NO/c16-9-10(1-2-17)8-15-13-4-11-3-12(6-13)7-14(15)5-11/h8,11-15,17H,1-7H2/b10-8-. The molecule has 0 heterocycles. The minimum atomic E-state index is 0.104. The molecule has 0 aromatic rings. The van der Waals surface area contributed by atoms with E-state index >= 15 is 0 Å². The number of nitriles is 1. The zero-order chi connectivity index (χ0) is 11.8. The molecule has 0 radical (unpaired) electrons. The lowest BCUT2D eigenvalue weighted by molar-refractivity contribution is -0.0164. The molecule has 0 saturated heterocycles. The number of allylic oxidation sites excluding steroid dienone is 1. The lowest BCUT2D eigenvalue weighted by Gasteiger charge is -2.53. The second-order valence-electron chi connectivity index (χ2n) is 6.29. The first-order chi connectivity index (χ1) is 8.30. The van der Waals surface area contributed by atoms with Gasteiger partial charge in [0.05, 0.1) is 6.07 Å². The third-order valence-corrected chi connectivity index (χ3v) is 5.22. The Bertz CT molecular complexity index is 338. The van der Waals surface area contributed by atoms with Crippen molar-refractivity contribution >= 4 is 0 Å². The Morgan fingerprint density at radius 3 is 2.18 bits per heavy atom. The minimum absolute atomic E-state index is 0.104. The Balaban J connectivity index is 1.78. The number of aliphatic hydroxyl groups is 1. The van der Waals surface area contributed by atoms with Crippen molar-refractivity contribution in [3.8, 4) is 6.07 Å². The quantitative estimate of drug-likeness (QED) is 0.759. The lowest BCUT2D eigenvalue weighted by atomic mass is 9.52. The summed E-state index contributed by atoms with van der Waals surface area (Å²) in [4.78, 5) is 0. The van der Waals surface area contributed by atoms with Gasteiger partial charge in [0.15, 0.2) is 0 Å². The minimum Gasteiger partial charge on any atom is -0.396 e. The van der Waals surface area contributed by atoms with Crippen LogP contribution in [0.25, 0.3) is 0 Å². The number of aliphatic hydroxyl groups excluding tert-OH is 1. The first-order valence-corrected chi connectivity index (χ1v) is 7.01. The Labute approximate surface area is 103 Å². The normalized spacial score (nSPS) is 43.8. The molecule has 0 aromatic carbocycles. The van der Waals surface area contributed by atoms with Crippen LogP contribution in [0.4, 0.5) is 0 Å². The zero-order valence-electron chi connectivity index (χ0n) is 10.3. The van der Waals surface area contributed by atoms with Gasteiger partial charge in [0.1, 0.15) is 0 Å². The maximum absolute atomic E-state index is 9.08. The summed E-state index contributed by atoms with van der Waals surface area (Å²) in [5.74, 6) is 4.31. The summed E-state index contributed by atoms with van der Waals surface area (Å²) in [7, 11) is 0. The monoisotopic (exact) mass is 231 g/mol. The smallest absolute Gasteiger partial charge is 0.0944 e. The van der Waals surface area contributed by atoms with Crippen molar-refractivity contribution in [3.63, 3.8) is 0 Å². The summed E-state index contributed by atoms with van der Waals surface area (Å²) in [5, 5.41) is 18.0. The van der Waals surface area contributed by atoms with Gasteiger partial charge in [0.25, 0.3) is 0 Å². The highest BCUT2D eigenvalue weighted by atomic mass is 16.2. The summed E-state index contributed by atoms with van der Waals surface area (Å²) >= 11 is 0. The average Bonchev–Trinajstić information content (AvgIpc) is 2.31. The van der Waals surface area contributed by atoms with Crippen LogP contribution < -0.4 is 0 Å². The fraction of sp³-hybridized carbons (Fsp3) is 0.800. The van der Waals surface area contributed by atoms with Gasteiger partial charge in [-0.2, -0.15) is 5.26 Å². The van der Waals surface area contributed by atoms with Gasteiger partial charge in [-0.25, -0.2) is 0 Å². The van der Waals surface area contributed by atoms with Crippen LogP contribution in [-0.2, 0) is 0 Å². The van der Waals surface area contributed by atoms with E-state index in [-0.39, 0.29) is 6.61 Å². The molecule has 0 aliphatic heterocycles. The molecule has 0 spiro atoms. The molecule has 4 bridgehead atoms. The topological polar surface area (TPSA) is 44.0 Å². The number of rotatable bonds is 3. The molecule has 4 aliphatic rings. The van der Waals surface area contributed by atoms with Crippen LogP contribution in [0.5, 0.6) is 0 Å². The molecule has 2 nitrogen and oxygen atoms in total. The number of hydrogen-bond donors (Lipinski definition) is 1. The van der Waals surface area contributed by atoms with E-state index in [1.807, 2.05) is 0 Å². The molecule has 4 rings (SSSR count).